The molecule has 0 spiro atoms. The van der Waals surface area contributed by atoms with Crippen LogP contribution in [0.15, 0.2) is 67.1 Å². The van der Waals surface area contributed by atoms with Crippen molar-refractivity contribution in [1.82, 2.24) is 14.5 Å². The number of halogens is 1. The average molecular weight is 422 g/mol. The molecule has 2 heterocycles. The van der Waals surface area contributed by atoms with Crippen LogP contribution in [0, 0.1) is 17.7 Å². The summed E-state index contributed by atoms with van der Waals surface area (Å²) >= 11 is 0. The number of ether oxygens (including phenoxy) is 1. The van der Waals surface area contributed by atoms with Crippen LogP contribution in [0.5, 0.6) is 5.75 Å². The monoisotopic (exact) mass is 421 g/mol. The third-order valence-corrected chi connectivity index (χ3v) is 6.64. The van der Waals surface area contributed by atoms with Crippen molar-refractivity contribution in [3.63, 3.8) is 0 Å². The lowest BCUT2D eigenvalue weighted by Gasteiger charge is -2.35. The minimum absolute atomic E-state index is 0.240. The molecule has 0 bridgehead atoms. The summed E-state index contributed by atoms with van der Waals surface area (Å²) in [6.45, 7) is 3.67. The van der Waals surface area contributed by atoms with Gasteiger partial charge in [0.05, 0.1) is 18.1 Å². The molecule has 4 atom stereocenters. The fourth-order valence-electron chi connectivity index (χ4n) is 5.06. The first-order valence-electron chi connectivity index (χ1n) is 11.0. The van der Waals surface area contributed by atoms with E-state index in [0.29, 0.717) is 17.6 Å². The lowest BCUT2D eigenvalue weighted by molar-refractivity contribution is -0.0231. The first kappa shape index (κ1) is 20.2. The Morgan fingerprint density at radius 1 is 0.968 bits per heavy atom. The molecule has 3 aromatic rings. The highest BCUT2D eigenvalue weighted by Crippen LogP contribution is 2.38. The van der Waals surface area contributed by atoms with E-state index in [1.165, 1.54) is 23.4 Å². The van der Waals surface area contributed by atoms with Crippen LogP contribution >= 0.6 is 0 Å². The molecule has 31 heavy (non-hydrogen) atoms. The number of imidazole rings is 1. The van der Waals surface area contributed by atoms with E-state index in [-0.39, 0.29) is 11.9 Å². The van der Waals surface area contributed by atoms with E-state index in [9.17, 15) is 9.50 Å². The van der Waals surface area contributed by atoms with Gasteiger partial charge in [-0.2, -0.15) is 0 Å². The van der Waals surface area contributed by atoms with Gasteiger partial charge in [0.25, 0.3) is 0 Å². The van der Waals surface area contributed by atoms with Gasteiger partial charge in [0.2, 0.25) is 0 Å². The van der Waals surface area contributed by atoms with Crippen molar-refractivity contribution in [1.29, 1.82) is 0 Å². The summed E-state index contributed by atoms with van der Waals surface area (Å²) in [7, 11) is 0. The molecule has 1 aliphatic carbocycles. The van der Waals surface area contributed by atoms with Crippen molar-refractivity contribution >= 4 is 0 Å². The molecule has 2 fully saturated rings. The first-order valence-corrected chi connectivity index (χ1v) is 11.0. The Morgan fingerprint density at radius 2 is 1.71 bits per heavy atom. The second-order valence-corrected chi connectivity index (χ2v) is 8.86. The minimum Gasteiger partial charge on any atom is -0.488 e. The third-order valence-electron chi connectivity index (χ3n) is 6.64. The molecule has 0 radical (unpaired) electrons. The van der Waals surface area contributed by atoms with Crippen LogP contribution in [0.3, 0.4) is 0 Å². The number of hydrogen-bond acceptors (Lipinski definition) is 4. The Kier molecular flexibility index (Phi) is 5.74. The Balaban J connectivity index is 1.20. The van der Waals surface area contributed by atoms with E-state index < -0.39 is 6.10 Å². The summed E-state index contributed by atoms with van der Waals surface area (Å²) in [5.74, 6) is 1.31. The number of hydrogen-bond donors (Lipinski definition) is 1. The Bertz CT molecular complexity index is 992. The SMILES string of the molecule is O[C@@H]1C[C@H]2CN(Cc3cncn3Cc3ccccc3)C[C@H]2C[C@H]1Oc1ccc(F)cc1. The van der Waals surface area contributed by atoms with Crippen LogP contribution in [0.2, 0.25) is 0 Å². The number of aromatic nitrogens is 2. The quantitative estimate of drug-likeness (QED) is 0.659. The van der Waals surface area contributed by atoms with Gasteiger partial charge in [-0.25, -0.2) is 9.37 Å². The van der Waals surface area contributed by atoms with Gasteiger partial charge in [-0.05, 0) is 54.5 Å². The lowest BCUT2D eigenvalue weighted by Crippen LogP contribution is -2.42. The average Bonchev–Trinajstić information content (AvgIpc) is 3.37. The van der Waals surface area contributed by atoms with Crippen molar-refractivity contribution in [3.05, 3.63) is 84.2 Å². The summed E-state index contributed by atoms with van der Waals surface area (Å²) in [6, 6.07) is 16.5. The molecule has 0 amide bonds. The molecular formula is C25H28FN3O2. The molecule has 1 aliphatic heterocycles. The van der Waals surface area contributed by atoms with E-state index in [0.717, 1.165) is 39.0 Å². The summed E-state index contributed by atoms with van der Waals surface area (Å²) in [4.78, 5) is 6.85. The van der Waals surface area contributed by atoms with E-state index in [4.69, 9.17) is 4.74 Å². The number of likely N-dealkylation sites (tertiary alicyclic amines) is 1. The topological polar surface area (TPSA) is 50.5 Å². The fourth-order valence-corrected chi connectivity index (χ4v) is 5.06. The van der Waals surface area contributed by atoms with Crippen molar-refractivity contribution in [2.24, 2.45) is 11.8 Å². The molecule has 2 aromatic carbocycles. The fraction of sp³-hybridized carbons (Fsp3) is 0.400. The maximum Gasteiger partial charge on any atom is 0.125 e. The van der Waals surface area contributed by atoms with Crippen LogP contribution in [0.4, 0.5) is 4.39 Å². The highest BCUT2D eigenvalue weighted by atomic mass is 19.1. The Labute approximate surface area is 182 Å². The zero-order valence-electron chi connectivity index (χ0n) is 17.5. The van der Waals surface area contributed by atoms with Crippen LogP contribution in [0.1, 0.15) is 24.1 Å². The Hall–Kier alpha value is -2.70. The molecule has 1 N–H and O–H groups in total. The van der Waals surface area contributed by atoms with Gasteiger partial charge in [0.1, 0.15) is 17.7 Å². The standard InChI is InChI=1S/C25H28FN3O2/c26-21-6-8-23(9-7-21)31-25-11-20-15-28(14-19(20)10-24(25)30)16-22-12-27-17-29(22)13-18-4-2-1-3-5-18/h1-9,12,17,19-20,24-25,30H,10-11,13-16H2/t19-,20+,24+,25+/m0/s1. The molecule has 0 unspecified atom stereocenters. The van der Waals surface area contributed by atoms with Crippen molar-refractivity contribution in [3.8, 4) is 5.75 Å². The molecule has 1 saturated heterocycles. The molecule has 5 nitrogen and oxygen atoms in total. The number of benzene rings is 2. The smallest absolute Gasteiger partial charge is 0.125 e. The second kappa shape index (κ2) is 8.81. The van der Waals surface area contributed by atoms with Gasteiger partial charge in [-0.15, -0.1) is 0 Å². The second-order valence-electron chi connectivity index (χ2n) is 8.86. The number of fused-ring (bicyclic) bond motifs is 1. The number of aliphatic hydroxyl groups excluding tert-OH is 1. The largest absolute Gasteiger partial charge is 0.488 e. The normalized spacial score (nSPS) is 26.0. The van der Waals surface area contributed by atoms with Crippen LogP contribution in [-0.4, -0.2) is 44.9 Å². The third kappa shape index (κ3) is 4.65. The zero-order chi connectivity index (χ0) is 21.2. The molecule has 5 rings (SSSR count). The van der Waals surface area contributed by atoms with Crippen LogP contribution in [-0.2, 0) is 13.1 Å². The molecule has 6 heteroatoms. The highest BCUT2D eigenvalue weighted by molar-refractivity contribution is 5.23. The zero-order valence-corrected chi connectivity index (χ0v) is 17.5. The van der Waals surface area contributed by atoms with E-state index >= 15 is 0 Å². The van der Waals surface area contributed by atoms with Gasteiger partial charge < -0.3 is 14.4 Å². The number of nitrogens with zero attached hydrogens (tertiary/aromatic N) is 3. The molecule has 162 valence electrons. The van der Waals surface area contributed by atoms with Crippen LogP contribution < -0.4 is 4.74 Å². The molecular weight excluding hydrogens is 393 g/mol. The predicted molar refractivity (Wildman–Crippen MR) is 116 cm³/mol. The predicted octanol–water partition coefficient (Wildman–Crippen LogP) is 3.72. The number of aliphatic hydroxyl groups is 1. The maximum atomic E-state index is 13.2. The van der Waals surface area contributed by atoms with E-state index in [1.54, 1.807) is 12.1 Å². The summed E-state index contributed by atoms with van der Waals surface area (Å²) < 4.78 is 21.4. The van der Waals surface area contributed by atoms with Crippen molar-refractivity contribution < 1.29 is 14.2 Å². The lowest BCUT2D eigenvalue weighted by atomic mass is 9.78. The van der Waals surface area contributed by atoms with Gasteiger partial charge in [-0.1, -0.05) is 30.3 Å². The Morgan fingerprint density at radius 3 is 2.48 bits per heavy atom. The molecule has 2 aliphatic rings. The van der Waals surface area contributed by atoms with E-state index in [2.05, 4.69) is 38.7 Å². The van der Waals surface area contributed by atoms with Crippen LogP contribution in [0.25, 0.3) is 0 Å². The van der Waals surface area contributed by atoms with Crippen molar-refractivity contribution in [2.75, 3.05) is 13.1 Å². The van der Waals surface area contributed by atoms with Gasteiger partial charge in [-0.3, -0.25) is 4.90 Å². The summed E-state index contributed by atoms with van der Waals surface area (Å²) in [6.07, 6.45) is 4.70. The van der Waals surface area contributed by atoms with Gasteiger partial charge >= 0.3 is 0 Å². The minimum atomic E-state index is -0.491. The van der Waals surface area contributed by atoms with E-state index in [1.807, 2.05) is 18.6 Å². The van der Waals surface area contributed by atoms with Gasteiger partial charge in [0, 0.05) is 32.4 Å². The molecule has 1 aromatic heterocycles. The van der Waals surface area contributed by atoms with Gasteiger partial charge in [0.15, 0.2) is 0 Å². The number of rotatable bonds is 6. The summed E-state index contributed by atoms with van der Waals surface area (Å²) in [5, 5.41) is 10.7. The van der Waals surface area contributed by atoms with Crippen molar-refractivity contribution in [2.45, 2.75) is 38.1 Å². The summed E-state index contributed by atoms with van der Waals surface area (Å²) in [5.41, 5.74) is 2.47. The first-order chi connectivity index (χ1) is 15.1. The maximum absolute atomic E-state index is 13.2. The molecule has 1 saturated carbocycles. The highest BCUT2D eigenvalue weighted by Gasteiger charge is 2.42.